The van der Waals surface area contributed by atoms with Crippen molar-refractivity contribution in [2.75, 3.05) is 19.8 Å². The average molecular weight is 628 g/mol. The summed E-state index contributed by atoms with van der Waals surface area (Å²) in [5.41, 5.74) is 6.63. The summed E-state index contributed by atoms with van der Waals surface area (Å²) in [6.45, 7) is 11.1. The molecule has 0 saturated carbocycles. The van der Waals surface area contributed by atoms with Crippen molar-refractivity contribution >= 4 is 0 Å². The van der Waals surface area contributed by atoms with Crippen LogP contribution in [0.1, 0.15) is 80.5 Å². The van der Waals surface area contributed by atoms with Gasteiger partial charge in [-0.1, -0.05) is 99.4 Å². The highest BCUT2D eigenvalue weighted by molar-refractivity contribution is 5.72. The van der Waals surface area contributed by atoms with Crippen LogP contribution in [0.25, 0.3) is 34.2 Å². The zero-order valence-corrected chi connectivity index (χ0v) is 28.0. The number of aromatic hydroxyl groups is 1. The molecule has 0 radical (unpaired) electrons. The van der Waals surface area contributed by atoms with E-state index in [4.69, 9.17) is 29.5 Å². The number of hydrogen-bond donors (Lipinski definition) is 2. The van der Waals surface area contributed by atoms with Crippen LogP contribution in [0.3, 0.4) is 0 Å². The molecule has 1 aromatic heterocycles. The fraction of sp³-hybridized carbons (Fsp3) is 0.447. The van der Waals surface area contributed by atoms with Gasteiger partial charge in [-0.25, -0.2) is 15.0 Å². The van der Waals surface area contributed by atoms with Crippen LogP contribution in [-0.2, 0) is 9.62 Å². The highest BCUT2D eigenvalue weighted by Crippen LogP contribution is 2.34. The molecule has 1 heterocycles. The van der Waals surface area contributed by atoms with Crippen LogP contribution in [0.2, 0.25) is 0 Å². The first-order valence-corrected chi connectivity index (χ1v) is 16.5. The lowest BCUT2D eigenvalue weighted by Gasteiger charge is -2.13. The van der Waals surface area contributed by atoms with E-state index in [-0.39, 0.29) is 24.7 Å². The second-order valence-electron chi connectivity index (χ2n) is 12.2. The number of unbranched alkanes of at least 4 members (excludes halogenated alkanes) is 7. The van der Waals surface area contributed by atoms with Gasteiger partial charge in [-0.2, -0.15) is 4.89 Å². The van der Waals surface area contributed by atoms with Crippen LogP contribution in [-0.4, -0.2) is 51.1 Å². The number of hydrogen-bond acceptors (Lipinski definition) is 8. The molecule has 0 saturated heterocycles. The van der Waals surface area contributed by atoms with Crippen molar-refractivity contribution in [3.63, 3.8) is 0 Å². The largest absolute Gasteiger partial charge is 0.507 e. The van der Waals surface area contributed by atoms with Gasteiger partial charge in [-0.15, -0.1) is 0 Å². The van der Waals surface area contributed by atoms with Crippen LogP contribution < -0.4 is 4.89 Å². The van der Waals surface area contributed by atoms with E-state index in [0.717, 1.165) is 46.2 Å². The molecule has 0 amide bonds. The third-order valence-corrected chi connectivity index (χ3v) is 7.96. The zero-order valence-electron chi connectivity index (χ0n) is 28.0. The molecule has 0 aliphatic rings. The molecule has 3 aromatic carbocycles. The highest BCUT2D eigenvalue weighted by atomic mass is 17.2. The Balaban J connectivity index is 1.37. The van der Waals surface area contributed by atoms with Gasteiger partial charge in [0.2, 0.25) is 0 Å². The highest BCUT2D eigenvalue weighted by Gasteiger charge is 2.18. The van der Waals surface area contributed by atoms with E-state index in [1.807, 2.05) is 38.1 Å². The first kappa shape index (κ1) is 35.0. The first-order valence-electron chi connectivity index (χ1n) is 16.5. The number of phenols is 1. The lowest BCUT2D eigenvalue weighted by molar-refractivity contribution is -0.227. The smallest absolute Gasteiger partial charge is 0.169 e. The molecule has 1 atom stereocenters. The van der Waals surface area contributed by atoms with Gasteiger partial charge in [0.1, 0.15) is 18.5 Å². The van der Waals surface area contributed by atoms with Gasteiger partial charge >= 0.3 is 0 Å². The summed E-state index contributed by atoms with van der Waals surface area (Å²) in [6.07, 6.45) is 9.06. The topological polar surface area (TPSA) is 107 Å². The minimum Gasteiger partial charge on any atom is -0.507 e. The summed E-state index contributed by atoms with van der Waals surface area (Å²) in [6, 6.07) is 17.1. The molecule has 2 N–H and O–H groups in total. The standard InChI is InChI=1S/C38H49N3O5/c1-6-7-8-9-10-11-12-13-20-44-24-30(42)25-45-46-31-16-19-34(35(43)23-31)38-40-36(32-17-14-26(2)21-28(32)4)39-37(41-38)33-18-15-27(3)22-29(33)5/h14-19,21-23,30,42-43H,6-13,20,24-25H2,1-5H3. The number of phenolic OH excluding ortho intramolecular Hbond substituents is 1. The molecule has 0 aliphatic heterocycles. The number of aromatic nitrogens is 3. The minimum atomic E-state index is -0.820. The van der Waals surface area contributed by atoms with Gasteiger partial charge in [0.15, 0.2) is 23.2 Å². The predicted octanol–water partition coefficient (Wildman–Crippen LogP) is 8.64. The molecule has 8 nitrogen and oxygen atoms in total. The predicted molar refractivity (Wildman–Crippen MR) is 183 cm³/mol. The van der Waals surface area contributed by atoms with E-state index in [0.29, 0.717) is 29.6 Å². The Morgan fingerprint density at radius 3 is 1.70 bits per heavy atom. The van der Waals surface area contributed by atoms with E-state index in [2.05, 4.69) is 32.9 Å². The Kier molecular flexibility index (Phi) is 13.5. The maximum absolute atomic E-state index is 11.0. The van der Waals surface area contributed by atoms with Crippen molar-refractivity contribution in [2.24, 2.45) is 0 Å². The normalized spacial score (nSPS) is 12.0. The summed E-state index contributed by atoms with van der Waals surface area (Å²) in [5, 5.41) is 21.2. The molecule has 0 fully saturated rings. The van der Waals surface area contributed by atoms with Crippen molar-refractivity contribution in [2.45, 2.75) is 92.1 Å². The quantitative estimate of drug-likeness (QED) is 0.0641. The third kappa shape index (κ3) is 10.3. The molecule has 4 aromatic rings. The first-order chi connectivity index (χ1) is 22.2. The number of rotatable bonds is 18. The van der Waals surface area contributed by atoms with Gasteiger partial charge in [0, 0.05) is 23.8 Å². The van der Waals surface area contributed by atoms with Gasteiger partial charge in [-0.05, 0) is 57.4 Å². The monoisotopic (exact) mass is 627 g/mol. The summed E-state index contributed by atoms with van der Waals surface area (Å²) < 4.78 is 5.59. The molecular formula is C38H49N3O5. The number of aryl methyl sites for hydroxylation is 4. The summed E-state index contributed by atoms with van der Waals surface area (Å²) >= 11 is 0. The zero-order chi connectivity index (χ0) is 32.9. The summed E-state index contributed by atoms with van der Waals surface area (Å²) in [7, 11) is 0. The van der Waals surface area contributed by atoms with Crippen molar-refractivity contribution in [3.05, 3.63) is 76.9 Å². The van der Waals surface area contributed by atoms with Crippen LogP contribution in [0, 0.1) is 27.7 Å². The lowest BCUT2D eigenvalue weighted by atomic mass is 10.0. The Morgan fingerprint density at radius 2 is 1.15 bits per heavy atom. The maximum Gasteiger partial charge on any atom is 0.169 e. The molecule has 1 unspecified atom stereocenters. The second kappa shape index (κ2) is 17.7. The Labute approximate surface area is 273 Å². The van der Waals surface area contributed by atoms with Gasteiger partial charge in [-0.3, -0.25) is 0 Å². The lowest BCUT2D eigenvalue weighted by Crippen LogP contribution is -2.23. The van der Waals surface area contributed by atoms with Gasteiger partial charge < -0.3 is 19.8 Å². The Morgan fingerprint density at radius 1 is 0.630 bits per heavy atom. The van der Waals surface area contributed by atoms with Crippen molar-refractivity contribution < 1.29 is 24.7 Å². The molecular weight excluding hydrogens is 578 g/mol. The van der Waals surface area contributed by atoms with Crippen molar-refractivity contribution in [3.8, 4) is 45.7 Å². The maximum atomic E-state index is 11.0. The van der Waals surface area contributed by atoms with E-state index >= 15 is 0 Å². The number of ether oxygens (including phenoxy) is 1. The molecule has 0 bridgehead atoms. The molecule has 0 aliphatic carbocycles. The van der Waals surface area contributed by atoms with Gasteiger partial charge in [0.05, 0.1) is 12.2 Å². The number of aliphatic hydroxyl groups is 1. The summed E-state index contributed by atoms with van der Waals surface area (Å²) in [5.74, 6) is 1.61. The third-order valence-electron chi connectivity index (χ3n) is 7.96. The minimum absolute atomic E-state index is 0.0636. The van der Waals surface area contributed by atoms with Crippen LogP contribution in [0.15, 0.2) is 54.6 Å². The number of aliphatic hydroxyl groups excluding tert-OH is 1. The Hall–Kier alpha value is -3.85. The second-order valence-corrected chi connectivity index (χ2v) is 12.2. The molecule has 246 valence electrons. The van der Waals surface area contributed by atoms with E-state index in [1.54, 1.807) is 12.1 Å². The van der Waals surface area contributed by atoms with E-state index in [1.165, 1.54) is 44.6 Å². The molecule has 8 heteroatoms. The average Bonchev–Trinajstić information content (AvgIpc) is 3.02. The van der Waals surface area contributed by atoms with Crippen molar-refractivity contribution in [1.82, 2.24) is 15.0 Å². The Bertz CT molecular complexity index is 1490. The summed E-state index contributed by atoms with van der Waals surface area (Å²) in [4.78, 5) is 25.0. The van der Waals surface area contributed by atoms with E-state index in [9.17, 15) is 10.2 Å². The van der Waals surface area contributed by atoms with Crippen LogP contribution in [0.4, 0.5) is 0 Å². The van der Waals surface area contributed by atoms with Crippen LogP contribution in [0.5, 0.6) is 11.5 Å². The van der Waals surface area contributed by atoms with Crippen molar-refractivity contribution in [1.29, 1.82) is 0 Å². The molecule has 4 rings (SSSR count). The molecule has 0 spiro atoms. The molecule has 46 heavy (non-hydrogen) atoms. The fourth-order valence-electron chi connectivity index (χ4n) is 5.40. The fourth-order valence-corrected chi connectivity index (χ4v) is 5.40. The van der Waals surface area contributed by atoms with Gasteiger partial charge in [0.25, 0.3) is 0 Å². The van der Waals surface area contributed by atoms with Crippen LogP contribution >= 0.6 is 0 Å². The SMILES string of the molecule is CCCCCCCCCCOCC(O)COOc1ccc(-c2nc(-c3ccc(C)cc3C)nc(-c3ccc(C)cc3C)n2)c(O)c1. The van der Waals surface area contributed by atoms with E-state index < -0.39 is 6.10 Å². The number of benzene rings is 3. The number of nitrogens with zero attached hydrogens (tertiary/aromatic N) is 3.